The first-order chi connectivity index (χ1) is 12.7. The molecule has 0 spiro atoms. The minimum atomic E-state index is -0.131. The van der Waals surface area contributed by atoms with Crippen molar-refractivity contribution in [1.29, 1.82) is 0 Å². The van der Waals surface area contributed by atoms with Crippen LogP contribution >= 0.6 is 0 Å². The monoisotopic (exact) mass is 357 g/mol. The van der Waals surface area contributed by atoms with E-state index in [1.54, 1.807) is 29.0 Å². The molecule has 1 N–H and O–H groups in total. The third-order valence-corrected chi connectivity index (χ3v) is 4.41. The maximum Gasteiger partial charge on any atom is 0.317 e. The number of nitrogens with zero attached hydrogens (tertiary/aromatic N) is 2. The molecule has 2 aromatic rings. The van der Waals surface area contributed by atoms with Crippen molar-refractivity contribution in [2.24, 2.45) is 0 Å². The van der Waals surface area contributed by atoms with Gasteiger partial charge in [0.05, 0.1) is 13.4 Å². The van der Waals surface area contributed by atoms with Crippen LogP contribution in [-0.4, -0.2) is 61.6 Å². The van der Waals surface area contributed by atoms with Gasteiger partial charge < -0.3 is 24.3 Å². The summed E-state index contributed by atoms with van der Waals surface area (Å²) in [6.45, 7) is 2.58. The zero-order valence-electron chi connectivity index (χ0n) is 14.8. The number of carbonyl (C=O) groups excluding carboxylic acids is 2. The Hall–Kier alpha value is -2.96. The number of ether oxygens (including phenoxy) is 1. The van der Waals surface area contributed by atoms with Gasteiger partial charge in [0.25, 0.3) is 5.91 Å². The van der Waals surface area contributed by atoms with E-state index in [9.17, 15) is 9.59 Å². The number of amides is 3. The summed E-state index contributed by atoms with van der Waals surface area (Å²) in [6, 6.07) is 11.0. The number of piperazine rings is 1. The molecule has 0 aliphatic carbocycles. The fourth-order valence-electron chi connectivity index (χ4n) is 2.92. The predicted molar refractivity (Wildman–Crippen MR) is 96.3 cm³/mol. The molecule has 0 unspecified atom stereocenters. The summed E-state index contributed by atoms with van der Waals surface area (Å²) in [5.41, 5.74) is 1.11. The van der Waals surface area contributed by atoms with Gasteiger partial charge in [0.15, 0.2) is 5.76 Å². The number of hydrogen-bond acceptors (Lipinski definition) is 4. The molecule has 1 aliphatic rings. The summed E-state index contributed by atoms with van der Waals surface area (Å²) in [5.74, 6) is 1.01. The summed E-state index contributed by atoms with van der Waals surface area (Å²) in [6.07, 6.45) is 2.22. The Morgan fingerprint density at radius 2 is 1.88 bits per heavy atom. The molecule has 138 valence electrons. The number of urea groups is 1. The van der Waals surface area contributed by atoms with Gasteiger partial charge in [-0.15, -0.1) is 0 Å². The lowest BCUT2D eigenvalue weighted by atomic mass is 10.1. The van der Waals surface area contributed by atoms with Crippen LogP contribution in [0.5, 0.6) is 5.75 Å². The molecule has 0 atom stereocenters. The Morgan fingerprint density at radius 3 is 2.58 bits per heavy atom. The first-order valence-corrected chi connectivity index (χ1v) is 8.66. The molecule has 1 fully saturated rings. The minimum Gasteiger partial charge on any atom is -0.497 e. The van der Waals surface area contributed by atoms with Gasteiger partial charge in [-0.2, -0.15) is 0 Å². The second kappa shape index (κ2) is 8.42. The van der Waals surface area contributed by atoms with E-state index in [1.807, 2.05) is 24.3 Å². The van der Waals surface area contributed by atoms with E-state index in [2.05, 4.69) is 5.32 Å². The van der Waals surface area contributed by atoms with Crippen molar-refractivity contribution in [2.75, 3.05) is 39.8 Å². The highest BCUT2D eigenvalue weighted by Crippen LogP contribution is 2.13. The fourth-order valence-corrected chi connectivity index (χ4v) is 2.92. The summed E-state index contributed by atoms with van der Waals surface area (Å²) in [4.78, 5) is 27.9. The number of benzene rings is 1. The molecule has 2 heterocycles. The summed E-state index contributed by atoms with van der Waals surface area (Å²) in [7, 11) is 1.64. The van der Waals surface area contributed by atoms with Crippen LogP contribution in [0.1, 0.15) is 16.1 Å². The second-order valence-electron chi connectivity index (χ2n) is 6.09. The van der Waals surface area contributed by atoms with Gasteiger partial charge >= 0.3 is 6.03 Å². The molecule has 0 bridgehead atoms. The standard InChI is InChI=1S/C19H23N3O4/c1-25-16-5-2-4-15(14-16)7-8-20-19(24)22-11-9-21(10-12-22)18(23)17-6-3-13-26-17/h2-6,13-14H,7-12H2,1H3,(H,20,24). The fraction of sp³-hybridized carbons (Fsp3) is 0.368. The third kappa shape index (κ3) is 4.36. The van der Waals surface area contributed by atoms with Crippen molar-refractivity contribution in [3.63, 3.8) is 0 Å². The largest absolute Gasteiger partial charge is 0.497 e. The summed E-state index contributed by atoms with van der Waals surface area (Å²) >= 11 is 0. The van der Waals surface area contributed by atoms with Gasteiger partial charge in [-0.05, 0) is 36.2 Å². The molecule has 26 heavy (non-hydrogen) atoms. The molecule has 0 saturated carbocycles. The van der Waals surface area contributed by atoms with Gasteiger partial charge in [0, 0.05) is 32.7 Å². The zero-order valence-corrected chi connectivity index (χ0v) is 14.8. The number of hydrogen-bond donors (Lipinski definition) is 1. The van der Waals surface area contributed by atoms with Gasteiger partial charge in [-0.25, -0.2) is 4.79 Å². The first kappa shape index (κ1) is 17.8. The Balaban J connectivity index is 1.41. The molecule has 1 aliphatic heterocycles. The molecular formula is C19H23N3O4. The minimum absolute atomic E-state index is 0.0991. The van der Waals surface area contributed by atoms with Crippen LogP contribution < -0.4 is 10.1 Å². The van der Waals surface area contributed by atoms with Crippen LogP contribution in [0.15, 0.2) is 47.1 Å². The molecule has 1 saturated heterocycles. The number of methoxy groups -OCH3 is 1. The summed E-state index contributed by atoms with van der Waals surface area (Å²) < 4.78 is 10.3. The highest BCUT2D eigenvalue weighted by atomic mass is 16.5. The highest BCUT2D eigenvalue weighted by Gasteiger charge is 2.25. The van der Waals surface area contributed by atoms with Crippen LogP contribution in [-0.2, 0) is 6.42 Å². The maximum absolute atomic E-state index is 12.3. The van der Waals surface area contributed by atoms with E-state index in [4.69, 9.17) is 9.15 Å². The van der Waals surface area contributed by atoms with Gasteiger partial charge in [-0.3, -0.25) is 4.79 Å². The van der Waals surface area contributed by atoms with Gasteiger partial charge in [0.2, 0.25) is 0 Å². The highest BCUT2D eigenvalue weighted by molar-refractivity contribution is 5.91. The Bertz CT molecular complexity index is 737. The van der Waals surface area contributed by atoms with E-state index in [-0.39, 0.29) is 11.9 Å². The van der Waals surface area contributed by atoms with Crippen molar-refractivity contribution in [3.8, 4) is 5.75 Å². The molecule has 3 amide bonds. The topological polar surface area (TPSA) is 75.0 Å². The van der Waals surface area contributed by atoms with E-state index in [1.165, 1.54) is 6.26 Å². The van der Waals surface area contributed by atoms with Crippen LogP contribution in [0.2, 0.25) is 0 Å². The van der Waals surface area contributed by atoms with Crippen molar-refractivity contribution in [1.82, 2.24) is 15.1 Å². The van der Waals surface area contributed by atoms with Crippen molar-refractivity contribution < 1.29 is 18.7 Å². The van der Waals surface area contributed by atoms with E-state index >= 15 is 0 Å². The van der Waals surface area contributed by atoms with Gasteiger partial charge in [0.1, 0.15) is 5.75 Å². The molecule has 3 rings (SSSR count). The third-order valence-electron chi connectivity index (χ3n) is 4.41. The Morgan fingerprint density at radius 1 is 1.12 bits per heavy atom. The molecular weight excluding hydrogens is 334 g/mol. The molecule has 0 radical (unpaired) electrons. The smallest absolute Gasteiger partial charge is 0.317 e. The Labute approximate surface area is 152 Å². The Kier molecular flexibility index (Phi) is 5.78. The van der Waals surface area contributed by atoms with Crippen LogP contribution in [0.4, 0.5) is 4.79 Å². The van der Waals surface area contributed by atoms with Crippen molar-refractivity contribution in [2.45, 2.75) is 6.42 Å². The van der Waals surface area contributed by atoms with Crippen LogP contribution in [0.3, 0.4) is 0 Å². The lowest BCUT2D eigenvalue weighted by molar-refractivity contribution is 0.0634. The van der Waals surface area contributed by atoms with E-state index in [0.29, 0.717) is 38.5 Å². The second-order valence-corrected chi connectivity index (χ2v) is 6.09. The average molecular weight is 357 g/mol. The SMILES string of the molecule is COc1cccc(CCNC(=O)N2CCN(C(=O)c3ccco3)CC2)c1. The van der Waals surface area contributed by atoms with Crippen molar-refractivity contribution >= 4 is 11.9 Å². The van der Waals surface area contributed by atoms with Crippen LogP contribution in [0.25, 0.3) is 0 Å². The quantitative estimate of drug-likeness (QED) is 0.888. The van der Waals surface area contributed by atoms with Crippen LogP contribution in [0, 0.1) is 0 Å². The molecule has 7 heteroatoms. The van der Waals surface area contributed by atoms with E-state index < -0.39 is 0 Å². The maximum atomic E-state index is 12.3. The zero-order chi connectivity index (χ0) is 18.4. The summed E-state index contributed by atoms with van der Waals surface area (Å²) in [5, 5.41) is 2.93. The lowest BCUT2D eigenvalue weighted by Crippen LogP contribution is -2.53. The van der Waals surface area contributed by atoms with Gasteiger partial charge in [-0.1, -0.05) is 12.1 Å². The van der Waals surface area contributed by atoms with E-state index in [0.717, 1.165) is 17.7 Å². The average Bonchev–Trinajstić information content (AvgIpc) is 3.22. The first-order valence-electron chi connectivity index (χ1n) is 8.66. The number of rotatable bonds is 5. The number of nitrogens with one attached hydrogen (secondary N) is 1. The predicted octanol–water partition coefficient (Wildman–Crippen LogP) is 2.00. The lowest BCUT2D eigenvalue weighted by Gasteiger charge is -2.34. The normalized spacial score (nSPS) is 14.2. The molecule has 1 aromatic heterocycles. The molecule has 1 aromatic carbocycles. The van der Waals surface area contributed by atoms with Crippen molar-refractivity contribution in [3.05, 3.63) is 54.0 Å². The molecule has 7 nitrogen and oxygen atoms in total. The number of furan rings is 1. The number of carbonyl (C=O) groups is 2.